The van der Waals surface area contributed by atoms with Crippen LogP contribution in [0.2, 0.25) is 0 Å². The van der Waals surface area contributed by atoms with Crippen molar-refractivity contribution in [2.45, 2.75) is 33.7 Å². The average Bonchev–Trinajstić information content (AvgIpc) is 2.94. The van der Waals surface area contributed by atoms with Gasteiger partial charge in [0.25, 0.3) is 0 Å². The highest BCUT2D eigenvalue weighted by Gasteiger charge is 2.37. The molecule has 1 aromatic rings. The number of nitrogens with zero attached hydrogens (tertiary/aromatic N) is 3. The maximum absolute atomic E-state index is 12.8. The number of alkyl halides is 2. The van der Waals surface area contributed by atoms with Gasteiger partial charge in [-0.15, -0.1) is 0 Å². The van der Waals surface area contributed by atoms with Crippen LogP contribution >= 0.6 is 0 Å². The number of likely N-dealkylation sites (tertiary alicyclic amines) is 1. The fraction of sp³-hybridized carbons (Fsp3) is 0.643. The summed E-state index contributed by atoms with van der Waals surface area (Å²) in [6.45, 7) is 2.67. The molecule has 1 fully saturated rings. The Labute approximate surface area is 126 Å². The van der Waals surface area contributed by atoms with E-state index in [9.17, 15) is 18.4 Å². The molecular formula is C14H19F2N3O3. The Hall–Kier alpha value is -1.99. The van der Waals surface area contributed by atoms with E-state index >= 15 is 0 Å². The van der Waals surface area contributed by atoms with Gasteiger partial charge in [-0.1, -0.05) is 6.92 Å². The van der Waals surface area contributed by atoms with Crippen molar-refractivity contribution in [2.75, 3.05) is 13.1 Å². The molecule has 0 unspecified atom stereocenters. The Morgan fingerprint density at radius 3 is 2.45 bits per heavy atom. The van der Waals surface area contributed by atoms with Crippen LogP contribution in [0.5, 0.6) is 0 Å². The van der Waals surface area contributed by atoms with Gasteiger partial charge >= 0.3 is 12.5 Å². The molecule has 0 radical (unpaired) electrons. The number of halogens is 2. The van der Waals surface area contributed by atoms with Crippen LogP contribution in [0, 0.1) is 25.7 Å². The van der Waals surface area contributed by atoms with Crippen LogP contribution in [0.3, 0.4) is 0 Å². The van der Waals surface area contributed by atoms with Crippen molar-refractivity contribution in [3.05, 3.63) is 17.0 Å². The lowest BCUT2D eigenvalue weighted by Gasteiger charge is -2.16. The molecule has 1 aliphatic rings. The molecule has 6 nitrogen and oxygen atoms in total. The van der Waals surface area contributed by atoms with E-state index < -0.39 is 18.4 Å². The van der Waals surface area contributed by atoms with Gasteiger partial charge in [-0.25, -0.2) is 4.68 Å². The van der Waals surface area contributed by atoms with E-state index in [1.165, 1.54) is 11.8 Å². The van der Waals surface area contributed by atoms with Crippen molar-refractivity contribution in [3.8, 4) is 0 Å². The molecule has 0 spiro atoms. The molecule has 1 saturated heterocycles. The lowest BCUT2D eigenvalue weighted by atomic mass is 9.99. The molecule has 0 bridgehead atoms. The zero-order chi connectivity index (χ0) is 16.6. The van der Waals surface area contributed by atoms with Crippen LogP contribution in [0.15, 0.2) is 0 Å². The molecule has 1 amide bonds. The van der Waals surface area contributed by atoms with Gasteiger partial charge < -0.3 is 10.0 Å². The van der Waals surface area contributed by atoms with Gasteiger partial charge in [0, 0.05) is 24.3 Å². The highest BCUT2D eigenvalue weighted by atomic mass is 19.3. The number of amides is 1. The van der Waals surface area contributed by atoms with E-state index in [-0.39, 0.29) is 30.5 Å². The van der Waals surface area contributed by atoms with Crippen molar-refractivity contribution < 1.29 is 23.5 Å². The molecule has 0 saturated carbocycles. The number of rotatable bonds is 4. The summed E-state index contributed by atoms with van der Waals surface area (Å²) in [5, 5.41) is 12.8. The number of aliphatic carboxylic acids is 1. The maximum Gasteiger partial charge on any atom is 0.333 e. The van der Waals surface area contributed by atoms with Gasteiger partial charge in [-0.3, -0.25) is 9.59 Å². The van der Waals surface area contributed by atoms with Gasteiger partial charge in [0.05, 0.1) is 18.0 Å². The third-order valence-corrected chi connectivity index (χ3v) is 4.27. The van der Waals surface area contributed by atoms with Crippen molar-refractivity contribution in [2.24, 2.45) is 11.8 Å². The van der Waals surface area contributed by atoms with E-state index in [0.717, 1.165) is 0 Å². The minimum Gasteiger partial charge on any atom is -0.481 e. The first-order valence-electron chi connectivity index (χ1n) is 7.05. The van der Waals surface area contributed by atoms with E-state index in [0.29, 0.717) is 22.5 Å². The summed E-state index contributed by atoms with van der Waals surface area (Å²) in [7, 11) is 0. The van der Waals surface area contributed by atoms with E-state index in [2.05, 4.69) is 5.10 Å². The largest absolute Gasteiger partial charge is 0.481 e. The van der Waals surface area contributed by atoms with Gasteiger partial charge in [0.1, 0.15) is 0 Å². The quantitative estimate of drug-likeness (QED) is 0.916. The second-order valence-corrected chi connectivity index (χ2v) is 5.77. The number of carbonyl (C=O) groups excluding carboxylic acids is 1. The van der Waals surface area contributed by atoms with Gasteiger partial charge in [-0.2, -0.15) is 13.9 Å². The fourth-order valence-corrected chi connectivity index (χ4v) is 2.90. The van der Waals surface area contributed by atoms with Crippen molar-refractivity contribution in [1.82, 2.24) is 14.7 Å². The predicted octanol–water partition coefficient (Wildman–Crippen LogP) is 1.62. The highest BCUT2D eigenvalue weighted by molar-refractivity contribution is 5.81. The van der Waals surface area contributed by atoms with Crippen LogP contribution in [-0.2, 0) is 16.0 Å². The molecule has 1 aromatic heterocycles. The van der Waals surface area contributed by atoms with Gasteiger partial charge in [0.2, 0.25) is 5.91 Å². The molecule has 22 heavy (non-hydrogen) atoms. The van der Waals surface area contributed by atoms with Crippen molar-refractivity contribution >= 4 is 11.9 Å². The maximum atomic E-state index is 12.8. The predicted molar refractivity (Wildman–Crippen MR) is 73.5 cm³/mol. The summed E-state index contributed by atoms with van der Waals surface area (Å²) >= 11 is 0. The molecule has 122 valence electrons. The second kappa shape index (κ2) is 6.02. The Kier molecular flexibility index (Phi) is 4.48. The minimum atomic E-state index is -2.74. The second-order valence-electron chi connectivity index (χ2n) is 5.77. The molecule has 8 heteroatoms. The Morgan fingerprint density at radius 1 is 1.36 bits per heavy atom. The van der Waals surface area contributed by atoms with Crippen molar-refractivity contribution in [3.63, 3.8) is 0 Å². The van der Waals surface area contributed by atoms with Crippen LogP contribution in [0.4, 0.5) is 8.78 Å². The van der Waals surface area contributed by atoms with Crippen LogP contribution < -0.4 is 0 Å². The zero-order valence-corrected chi connectivity index (χ0v) is 12.7. The van der Waals surface area contributed by atoms with Crippen LogP contribution in [-0.4, -0.2) is 44.8 Å². The lowest BCUT2D eigenvalue weighted by Crippen LogP contribution is -2.31. The summed E-state index contributed by atoms with van der Waals surface area (Å²) in [4.78, 5) is 24.9. The molecule has 2 atom stereocenters. The molecule has 1 aliphatic heterocycles. The highest BCUT2D eigenvalue weighted by Crippen LogP contribution is 2.25. The summed E-state index contributed by atoms with van der Waals surface area (Å²) in [6, 6.07) is 0. The third kappa shape index (κ3) is 2.95. The number of hydrogen-bond donors (Lipinski definition) is 1. The third-order valence-electron chi connectivity index (χ3n) is 4.27. The minimum absolute atomic E-state index is 0.0382. The monoisotopic (exact) mass is 315 g/mol. The van der Waals surface area contributed by atoms with Crippen molar-refractivity contribution in [1.29, 1.82) is 0 Å². The van der Waals surface area contributed by atoms with Crippen LogP contribution in [0.1, 0.15) is 30.4 Å². The molecule has 2 rings (SSSR count). The molecular weight excluding hydrogens is 296 g/mol. The molecule has 0 aliphatic carbocycles. The Morgan fingerprint density at radius 2 is 2.00 bits per heavy atom. The van der Waals surface area contributed by atoms with E-state index in [1.54, 1.807) is 13.8 Å². The molecule has 2 heterocycles. The fourth-order valence-electron chi connectivity index (χ4n) is 2.90. The summed E-state index contributed by atoms with van der Waals surface area (Å²) < 4.78 is 26.2. The Balaban J connectivity index is 2.12. The van der Waals surface area contributed by atoms with E-state index in [4.69, 9.17) is 5.11 Å². The summed E-state index contributed by atoms with van der Waals surface area (Å²) in [5.41, 5.74) is 1.15. The first kappa shape index (κ1) is 16.4. The van der Waals surface area contributed by atoms with Gasteiger partial charge in [0.15, 0.2) is 0 Å². The number of aromatic nitrogens is 2. The summed E-state index contributed by atoms with van der Waals surface area (Å²) in [5.74, 6) is -1.86. The SMILES string of the molecule is Cc1nn(C(F)F)c(C)c1CC(=O)N1C[C@@H](C)[C@H](C(=O)O)C1. The lowest BCUT2D eigenvalue weighted by molar-refractivity contribution is -0.142. The average molecular weight is 315 g/mol. The van der Waals surface area contributed by atoms with Crippen LogP contribution in [0.25, 0.3) is 0 Å². The van der Waals surface area contributed by atoms with Gasteiger partial charge in [-0.05, 0) is 19.8 Å². The smallest absolute Gasteiger partial charge is 0.333 e. The van der Waals surface area contributed by atoms with E-state index in [1.807, 2.05) is 0 Å². The number of carboxylic acid groups (broad SMARTS) is 1. The Bertz CT molecular complexity index is 600. The first-order valence-corrected chi connectivity index (χ1v) is 7.05. The summed E-state index contributed by atoms with van der Waals surface area (Å²) in [6.07, 6.45) is -0.0382. The number of carbonyl (C=O) groups is 2. The number of carboxylic acids is 1. The first-order chi connectivity index (χ1) is 10.2. The normalized spacial score (nSPS) is 21.6. The topological polar surface area (TPSA) is 75.4 Å². The standard InChI is InChI=1S/C14H19F2N3O3/c1-7-5-18(6-11(7)13(21)22)12(20)4-10-8(2)17-19(9(10)3)14(15)16/h7,11,14H,4-6H2,1-3H3,(H,21,22)/t7-,11-/m1/s1. The number of aryl methyl sites for hydroxylation is 1. The zero-order valence-electron chi connectivity index (χ0n) is 12.7. The molecule has 1 N–H and O–H groups in total. The number of hydrogen-bond acceptors (Lipinski definition) is 3. The molecule has 0 aromatic carbocycles.